The van der Waals surface area contributed by atoms with E-state index in [1.54, 1.807) is 0 Å². The van der Waals surface area contributed by atoms with Crippen molar-refractivity contribution in [2.24, 2.45) is 11.8 Å². The molecule has 0 amide bonds. The van der Waals surface area contributed by atoms with Gasteiger partial charge in [-0.15, -0.1) is 0 Å². The van der Waals surface area contributed by atoms with Crippen molar-refractivity contribution in [3.63, 3.8) is 0 Å². The number of halogens is 1. The monoisotopic (exact) mass is 268 g/mol. The highest BCUT2D eigenvalue weighted by molar-refractivity contribution is 6.28. The summed E-state index contributed by atoms with van der Waals surface area (Å²) < 4.78 is 0. The summed E-state index contributed by atoms with van der Waals surface area (Å²) >= 11 is 5.88. The summed E-state index contributed by atoms with van der Waals surface area (Å²) in [5.41, 5.74) is 7.33. The van der Waals surface area contributed by atoms with Crippen LogP contribution in [0.15, 0.2) is 0 Å². The predicted molar refractivity (Wildman–Crippen MR) is 75.8 cm³/mol. The molecule has 5 heteroatoms. The number of hydrogen-bond acceptors (Lipinski definition) is 4. The fourth-order valence-electron chi connectivity index (χ4n) is 2.71. The lowest BCUT2D eigenvalue weighted by molar-refractivity contribution is 0.276. The average molecular weight is 269 g/mol. The molecule has 18 heavy (non-hydrogen) atoms. The zero-order chi connectivity index (χ0) is 13.3. The molecular weight excluding hydrogens is 248 g/mol. The van der Waals surface area contributed by atoms with Gasteiger partial charge in [-0.05, 0) is 49.6 Å². The SMILES string of the molecule is Cc1nc(Cl)nc(NC2CCC(C)CC2C)c1N. The van der Waals surface area contributed by atoms with Crippen molar-refractivity contribution in [3.8, 4) is 0 Å². The molecule has 1 saturated carbocycles. The van der Waals surface area contributed by atoms with Crippen molar-refractivity contribution in [2.45, 2.75) is 46.1 Å². The molecule has 3 N–H and O–H groups in total. The van der Waals surface area contributed by atoms with Gasteiger partial charge in [0.25, 0.3) is 0 Å². The standard InChI is InChI=1S/C13H21ClN4/c1-7-4-5-10(8(2)6-7)17-12-11(15)9(3)16-13(14)18-12/h7-8,10H,4-6,15H2,1-3H3,(H,16,17,18). The van der Waals surface area contributed by atoms with E-state index in [0.717, 1.165) is 18.0 Å². The molecule has 3 unspecified atom stereocenters. The number of nitrogens with two attached hydrogens (primary N) is 1. The molecule has 0 radical (unpaired) electrons. The maximum Gasteiger partial charge on any atom is 0.224 e. The van der Waals surface area contributed by atoms with E-state index in [9.17, 15) is 0 Å². The molecule has 1 heterocycles. The van der Waals surface area contributed by atoms with E-state index in [4.69, 9.17) is 17.3 Å². The van der Waals surface area contributed by atoms with E-state index in [2.05, 4.69) is 29.1 Å². The van der Waals surface area contributed by atoms with Crippen LogP contribution < -0.4 is 11.1 Å². The third kappa shape index (κ3) is 2.86. The van der Waals surface area contributed by atoms with Gasteiger partial charge in [-0.1, -0.05) is 13.8 Å². The van der Waals surface area contributed by atoms with E-state index >= 15 is 0 Å². The van der Waals surface area contributed by atoms with Crippen LogP contribution in [-0.4, -0.2) is 16.0 Å². The zero-order valence-electron chi connectivity index (χ0n) is 11.2. The van der Waals surface area contributed by atoms with Gasteiger partial charge >= 0.3 is 0 Å². The highest BCUT2D eigenvalue weighted by Gasteiger charge is 2.26. The van der Waals surface area contributed by atoms with Crippen LogP contribution >= 0.6 is 11.6 Å². The Bertz CT molecular complexity index is 435. The zero-order valence-corrected chi connectivity index (χ0v) is 12.0. The molecule has 1 fully saturated rings. The smallest absolute Gasteiger partial charge is 0.224 e. The molecule has 1 aliphatic carbocycles. The summed E-state index contributed by atoms with van der Waals surface area (Å²) in [6.45, 7) is 6.44. The van der Waals surface area contributed by atoms with Crippen LogP contribution in [-0.2, 0) is 0 Å². The number of rotatable bonds is 2. The molecular formula is C13H21ClN4. The third-order valence-corrected chi connectivity index (χ3v) is 4.03. The average Bonchev–Trinajstić information content (AvgIpc) is 2.29. The summed E-state index contributed by atoms with van der Waals surface area (Å²) in [7, 11) is 0. The van der Waals surface area contributed by atoms with Gasteiger partial charge in [0.05, 0.1) is 11.4 Å². The van der Waals surface area contributed by atoms with Crippen LogP contribution in [0, 0.1) is 18.8 Å². The molecule has 1 aromatic rings. The van der Waals surface area contributed by atoms with E-state index in [-0.39, 0.29) is 5.28 Å². The maximum absolute atomic E-state index is 6.00. The largest absolute Gasteiger partial charge is 0.394 e. The quantitative estimate of drug-likeness (QED) is 0.808. The lowest BCUT2D eigenvalue weighted by Crippen LogP contribution is -2.33. The van der Waals surface area contributed by atoms with Crippen molar-refractivity contribution in [1.29, 1.82) is 0 Å². The van der Waals surface area contributed by atoms with Crippen molar-refractivity contribution in [2.75, 3.05) is 11.1 Å². The van der Waals surface area contributed by atoms with Crippen molar-refractivity contribution < 1.29 is 0 Å². The molecule has 1 aliphatic rings. The maximum atomic E-state index is 6.00. The van der Waals surface area contributed by atoms with Gasteiger partial charge in [0, 0.05) is 6.04 Å². The number of nitrogens with one attached hydrogen (secondary N) is 1. The van der Waals surface area contributed by atoms with Crippen molar-refractivity contribution >= 4 is 23.1 Å². The molecule has 0 aliphatic heterocycles. The number of anilines is 2. The first kappa shape index (κ1) is 13.4. The normalized spacial score (nSPS) is 28.1. The first-order valence-corrected chi connectivity index (χ1v) is 6.91. The van der Waals surface area contributed by atoms with E-state index in [1.165, 1.54) is 12.8 Å². The Morgan fingerprint density at radius 1 is 1.28 bits per heavy atom. The molecule has 0 saturated heterocycles. The number of nitrogens with zero attached hydrogens (tertiary/aromatic N) is 2. The lowest BCUT2D eigenvalue weighted by Gasteiger charge is -2.33. The second kappa shape index (κ2) is 5.31. The molecule has 0 bridgehead atoms. The second-order valence-electron chi connectivity index (χ2n) is 5.49. The molecule has 1 aromatic heterocycles. The Hall–Kier alpha value is -1.03. The molecule has 0 aromatic carbocycles. The first-order chi connectivity index (χ1) is 8.47. The van der Waals surface area contributed by atoms with Gasteiger partial charge in [-0.2, -0.15) is 4.98 Å². The fourth-order valence-corrected chi connectivity index (χ4v) is 2.92. The Kier molecular flexibility index (Phi) is 3.95. The Labute approximate surface area is 113 Å². The van der Waals surface area contributed by atoms with Gasteiger partial charge in [0.1, 0.15) is 0 Å². The van der Waals surface area contributed by atoms with E-state index < -0.39 is 0 Å². The molecule has 2 rings (SSSR count). The summed E-state index contributed by atoms with van der Waals surface area (Å²) in [5.74, 6) is 2.12. The van der Waals surface area contributed by atoms with E-state index in [0.29, 0.717) is 23.5 Å². The van der Waals surface area contributed by atoms with Crippen LogP contribution in [0.2, 0.25) is 5.28 Å². The second-order valence-corrected chi connectivity index (χ2v) is 5.82. The van der Waals surface area contributed by atoms with Crippen LogP contribution in [0.1, 0.15) is 38.8 Å². The van der Waals surface area contributed by atoms with Crippen LogP contribution in [0.3, 0.4) is 0 Å². The molecule has 4 nitrogen and oxygen atoms in total. The van der Waals surface area contributed by atoms with Gasteiger partial charge in [0.15, 0.2) is 5.82 Å². The number of nitrogen functional groups attached to an aromatic ring is 1. The minimum absolute atomic E-state index is 0.251. The summed E-state index contributed by atoms with van der Waals surface area (Å²) in [6, 6.07) is 0.425. The first-order valence-electron chi connectivity index (χ1n) is 6.53. The van der Waals surface area contributed by atoms with Gasteiger partial charge in [-0.25, -0.2) is 4.98 Å². The molecule has 0 spiro atoms. The number of hydrogen-bond donors (Lipinski definition) is 2. The Morgan fingerprint density at radius 3 is 2.67 bits per heavy atom. The van der Waals surface area contributed by atoms with Crippen molar-refractivity contribution in [3.05, 3.63) is 11.0 Å². The van der Waals surface area contributed by atoms with Gasteiger partial charge in [0.2, 0.25) is 5.28 Å². The number of aromatic nitrogens is 2. The highest BCUT2D eigenvalue weighted by Crippen LogP contribution is 2.32. The van der Waals surface area contributed by atoms with Crippen LogP contribution in [0.5, 0.6) is 0 Å². The minimum Gasteiger partial charge on any atom is -0.394 e. The van der Waals surface area contributed by atoms with E-state index in [1.807, 2.05) is 6.92 Å². The summed E-state index contributed by atoms with van der Waals surface area (Å²) in [4.78, 5) is 8.25. The third-order valence-electron chi connectivity index (χ3n) is 3.86. The number of aryl methyl sites for hydroxylation is 1. The van der Waals surface area contributed by atoms with Crippen molar-refractivity contribution in [1.82, 2.24) is 9.97 Å². The molecule has 3 atom stereocenters. The lowest BCUT2D eigenvalue weighted by atomic mass is 9.80. The van der Waals surface area contributed by atoms with Crippen LogP contribution in [0.25, 0.3) is 0 Å². The van der Waals surface area contributed by atoms with Gasteiger partial charge < -0.3 is 11.1 Å². The molecule has 100 valence electrons. The topological polar surface area (TPSA) is 63.8 Å². The minimum atomic E-state index is 0.251. The Balaban J connectivity index is 2.14. The van der Waals surface area contributed by atoms with Crippen LogP contribution in [0.4, 0.5) is 11.5 Å². The fraction of sp³-hybridized carbons (Fsp3) is 0.692. The highest BCUT2D eigenvalue weighted by atomic mass is 35.5. The Morgan fingerprint density at radius 2 is 2.00 bits per heavy atom. The predicted octanol–water partition coefficient (Wildman–Crippen LogP) is 3.26. The summed E-state index contributed by atoms with van der Waals surface area (Å²) in [6.07, 6.45) is 3.65. The van der Waals surface area contributed by atoms with Gasteiger partial charge in [-0.3, -0.25) is 0 Å². The summed E-state index contributed by atoms with van der Waals surface area (Å²) in [5, 5.41) is 3.69.